The fourth-order valence-corrected chi connectivity index (χ4v) is 4.05. The second-order valence-electron chi connectivity index (χ2n) is 7.59. The predicted octanol–water partition coefficient (Wildman–Crippen LogP) is 2.10. The van der Waals surface area contributed by atoms with E-state index < -0.39 is 6.10 Å². The molecule has 1 aliphatic rings. The number of aromatic nitrogens is 2. The maximum absolute atomic E-state index is 12.3. The monoisotopic (exact) mass is 397 g/mol. The minimum absolute atomic E-state index is 0.0603. The van der Waals surface area contributed by atoms with E-state index in [1.165, 1.54) is 0 Å². The van der Waals surface area contributed by atoms with Crippen LogP contribution >= 0.6 is 0 Å². The number of ether oxygens (including phenoxy) is 2. The van der Waals surface area contributed by atoms with Crippen molar-refractivity contribution in [3.8, 4) is 11.5 Å². The number of fused-ring (bicyclic) bond motifs is 1. The minimum Gasteiger partial charge on any atom is -0.493 e. The van der Waals surface area contributed by atoms with Gasteiger partial charge in [0.25, 0.3) is 0 Å². The van der Waals surface area contributed by atoms with Gasteiger partial charge < -0.3 is 24.5 Å². The number of aromatic amines is 1. The number of β-amino-alcohol motifs (C(OH)–C–C–N with tert-alkyl or cyclic N) is 1. The number of nitrogens with one attached hydrogen (secondary N) is 1. The van der Waals surface area contributed by atoms with Gasteiger partial charge in [-0.2, -0.15) is 0 Å². The SMILES string of the molecule is COc1ccccc1OCC(O)CN1CCC(Cn2c(=O)[nH]c3ccccc32)C1. The molecule has 0 bridgehead atoms. The van der Waals surface area contributed by atoms with E-state index in [9.17, 15) is 9.90 Å². The van der Waals surface area contributed by atoms with Gasteiger partial charge in [0.05, 0.1) is 18.1 Å². The van der Waals surface area contributed by atoms with Crippen molar-refractivity contribution in [3.63, 3.8) is 0 Å². The molecule has 2 heterocycles. The van der Waals surface area contributed by atoms with E-state index in [2.05, 4.69) is 9.88 Å². The van der Waals surface area contributed by atoms with Gasteiger partial charge in [0.2, 0.25) is 0 Å². The smallest absolute Gasteiger partial charge is 0.326 e. The first-order valence-electron chi connectivity index (χ1n) is 9.98. The summed E-state index contributed by atoms with van der Waals surface area (Å²) in [7, 11) is 1.60. The van der Waals surface area contributed by atoms with Crippen LogP contribution in [-0.4, -0.2) is 59.0 Å². The molecule has 2 aromatic carbocycles. The molecule has 2 atom stereocenters. The van der Waals surface area contributed by atoms with Crippen molar-refractivity contribution in [1.82, 2.24) is 14.5 Å². The summed E-state index contributed by atoms with van der Waals surface area (Å²) in [5, 5.41) is 10.4. The molecule has 1 fully saturated rings. The van der Waals surface area contributed by atoms with Crippen molar-refractivity contribution in [2.45, 2.75) is 19.1 Å². The third-order valence-corrected chi connectivity index (χ3v) is 5.46. The Labute approximate surface area is 169 Å². The van der Waals surface area contributed by atoms with Crippen LogP contribution in [0.25, 0.3) is 11.0 Å². The number of hydrogen-bond donors (Lipinski definition) is 2. The average Bonchev–Trinajstić information content (AvgIpc) is 3.30. The Morgan fingerprint density at radius 2 is 1.93 bits per heavy atom. The summed E-state index contributed by atoms with van der Waals surface area (Å²) in [5.74, 6) is 1.67. The first kappa shape index (κ1) is 19.5. The highest BCUT2D eigenvalue weighted by molar-refractivity contribution is 5.74. The molecule has 7 heteroatoms. The second kappa shape index (κ2) is 8.71. The summed E-state index contributed by atoms with van der Waals surface area (Å²) in [6.07, 6.45) is 0.418. The van der Waals surface area contributed by atoms with Crippen molar-refractivity contribution in [1.29, 1.82) is 0 Å². The first-order chi connectivity index (χ1) is 14.1. The zero-order valence-corrected chi connectivity index (χ0v) is 16.6. The topological polar surface area (TPSA) is 79.7 Å². The molecule has 1 aromatic heterocycles. The van der Waals surface area contributed by atoms with Crippen LogP contribution in [0, 0.1) is 5.92 Å². The number of aliphatic hydroxyl groups excluding tert-OH is 1. The largest absolute Gasteiger partial charge is 0.493 e. The molecule has 2 N–H and O–H groups in total. The molecule has 7 nitrogen and oxygen atoms in total. The van der Waals surface area contributed by atoms with Crippen molar-refractivity contribution in [2.75, 3.05) is 33.4 Å². The van der Waals surface area contributed by atoms with E-state index in [0.29, 0.717) is 30.5 Å². The maximum Gasteiger partial charge on any atom is 0.326 e. The number of rotatable bonds is 8. The molecule has 29 heavy (non-hydrogen) atoms. The molecule has 154 valence electrons. The zero-order valence-electron chi connectivity index (χ0n) is 16.6. The van der Waals surface area contributed by atoms with E-state index in [1.807, 2.05) is 53.1 Å². The Kier molecular flexibility index (Phi) is 5.87. The van der Waals surface area contributed by atoms with E-state index >= 15 is 0 Å². The molecular formula is C22H27N3O4. The summed E-state index contributed by atoms with van der Waals surface area (Å²) < 4.78 is 12.8. The minimum atomic E-state index is -0.588. The Morgan fingerprint density at radius 3 is 2.76 bits per heavy atom. The van der Waals surface area contributed by atoms with Gasteiger partial charge in [-0.1, -0.05) is 24.3 Å². The number of nitrogens with zero attached hydrogens (tertiary/aromatic N) is 2. The summed E-state index contributed by atoms with van der Waals surface area (Å²) in [4.78, 5) is 17.4. The summed E-state index contributed by atoms with van der Waals surface area (Å²) >= 11 is 0. The van der Waals surface area contributed by atoms with Gasteiger partial charge in [0.1, 0.15) is 12.7 Å². The number of methoxy groups -OCH3 is 1. The molecule has 0 spiro atoms. The molecule has 3 aromatic rings. The van der Waals surface area contributed by atoms with E-state index in [4.69, 9.17) is 9.47 Å². The van der Waals surface area contributed by atoms with E-state index in [-0.39, 0.29) is 12.3 Å². The first-order valence-corrected chi connectivity index (χ1v) is 9.98. The lowest BCUT2D eigenvalue weighted by Gasteiger charge is -2.21. The van der Waals surface area contributed by atoms with E-state index in [0.717, 1.165) is 30.5 Å². The summed E-state index contributed by atoms with van der Waals surface area (Å²) in [6, 6.07) is 15.2. The highest BCUT2D eigenvalue weighted by Crippen LogP contribution is 2.26. The predicted molar refractivity (Wildman–Crippen MR) is 112 cm³/mol. The number of imidazole rings is 1. The fraction of sp³-hybridized carbons (Fsp3) is 0.409. The zero-order chi connectivity index (χ0) is 20.2. The van der Waals surface area contributed by atoms with Gasteiger partial charge in [0, 0.05) is 19.6 Å². The van der Waals surface area contributed by atoms with Crippen LogP contribution in [0.1, 0.15) is 6.42 Å². The lowest BCUT2D eigenvalue weighted by molar-refractivity contribution is 0.0733. The van der Waals surface area contributed by atoms with Crippen LogP contribution in [-0.2, 0) is 6.54 Å². The van der Waals surface area contributed by atoms with Gasteiger partial charge in [-0.05, 0) is 43.1 Å². The van der Waals surface area contributed by atoms with Crippen LogP contribution in [0.3, 0.4) is 0 Å². The molecule has 2 unspecified atom stereocenters. The normalized spacial score (nSPS) is 18.2. The summed E-state index contributed by atoms with van der Waals surface area (Å²) in [6.45, 7) is 3.22. The quantitative estimate of drug-likeness (QED) is 0.609. The number of benzene rings is 2. The van der Waals surface area contributed by atoms with Crippen LogP contribution in [0.2, 0.25) is 0 Å². The van der Waals surface area contributed by atoms with Gasteiger partial charge in [-0.25, -0.2) is 4.79 Å². The van der Waals surface area contributed by atoms with Gasteiger partial charge in [0.15, 0.2) is 11.5 Å². The van der Waals surface area contributed by atoms with Crippen LogP contribution < -0.4 is 15.2 Å². The highest BCUT2D eigenvalue weighted by Gasteiger charge is 2.25. The molecule has 1 saturated heterocycles. The number of H-pyrrole nitrogens is 1. The standard InChI is InChI=1S/C22H27N3O4/c1-28-20-8-4-5-9-21(20)29-15-17(26)14-24-11-10-16(12-24)13-25-19-7-3-2-6-18(19)23-22(25)27/h2-9,16-17,26H,10-15H2,1H3,(H,23,27). The average molecular weight is 397 g/mol. The van der Waals surface area contributed by atoms with Crippen LogP contribution in [0.4, 0.5) is 0 Å². The van der Waals surface area contributed by atoms with Crippen molar-refractivity contribution in [3.05, 3.63) is 59.0 Å². The molecule has 0 aliphatic carbocycles. The van der Waals surface area contributed by atoms with Crippen LogP contribution in [0.15, 0.2) is 53.3 Å². The highest BCUT2D eigenvalue weighted by atomic mass is 16.5. The van der Waals surface area contributed by atoms with Crippen molar-refractivity contribution < 1.29 is 14.6 Å². The van der Waals surface area contributed by atoms with Crippen molar-refractivity contribution >= 4 is 11.0 Å². The van der Waals surface area contributed by atoms with Crippen molar-refractivity contribution in [2.24, 2.45) is 5.92 Å². The summed E-state index contributed by atoms with van der Waals surface area (Å²) in [5.41, 5.74) is 1.76. The number of hydrogen-bond acceptors (Lipinski definition) is 5. The molecular weight excluding hydrogens is 370 g/mol. The lowest BCUT2D eigenvalue weighted by atomic mass is 10.1. The fourth-order valence-electron chi connectivity index (χ4n) is 4.05. The maximum atomic E-state index is 12.3. The van der Waals surface area contributed by atoms with Gasteiger partial charge in [-0.15, -0.1) is 0 Å². The van der Waals surface area contributed by atoms with E-state index in [1.54, 1.807) is 7.11 Å². The Bertz CT molecular complexity index is 1010. The number of likely N-dealkylation sites (tertiary alicyclic amines) is 1. The number of aliphatic hydroxyl groups is 1. The van der Waals surface area contributed by atoms with Crippen LogP contribution in [0.5, 0.6) is 11.5 Å². The molecule has 1 aliphatic heterocycles. The third kappa shape index (κ3) is 4.46. The number of para-hydroxylation sites is 4. The Hall–Kier alpha value is -2.77. The third-order valence-electron chi connectivity index (χ3n) is 5.46. The molecule has 0 radical (unpaired) electrons. The lowest BCUT2D eigenvalue weighted by Crippen LogP contribution is -2.34. The second-order valence-corrected chi connectivity index (χ2v) is 7.59. The Balaban J connectivity index is 1.29. The Morgan fingerprint density at radius 1 is 1.17 bits per heavy atom. The molecule has 4 rings (SSSR count). The molecule has 0 amide bonds. The van der Waals surface area contributed by atoms with Gasteiger partial charge >= 0.3 is 5.69 Å². The molecule has 0 saturated carbocycles. The van der Waals surface area contributed by atoms with Gasteiger partial charge in [-0.3, -0.25) is 4.57 Å².